The van der Waals surface area contributed by atoms with Crippen LogP contribution < -0.4 is 0 Å². The van der Waals surface area contributed by atoms with Crippen LogP contribution in [0.15, 0.2) is 48.5 Å². The maximum atomic E-state index is 4.91. The van der Waals surface area contributed by atoms with Crippen LogP contribution in [0.25, 0.3) is 33.3 Å². The van der Waals surface area contributed by atoms with E-state index >= 15 is 0 Å². The lowest BCUT2D eigenvalue weighted by Gasteiger charge is -2.35. The number of benzene rings is 3. The van der Waals surface area contributed by atoms with Gasteiger partial charge in [0.2, 0.25) is 0 Å². The Morgan fingerprint density at radius 3 is 1.77 bits per heavy atom. The predicted molar refractivity (Wildman–Crippen MR) is 214 cm³/mol. The highest BCUT2D eigenvalue weighted by Crippen LogP contribution is 2.56. The number of rotatable bonds is 18. The highest BCUT2D eigenvalue weighted by molar-refractivity contribution is 9.09. The molecule has 0 aliphatic heterocycles. The van der Waals surface area contributed by atoms with Gasteiger partial charge in [-0.2, -0.15) is 8.75 Å². The molecular formula is C42H56Br2N2S. The van der Waals surface area contributed by atoms with Gasteiger partial charge in [-0.25, -0.2) is 0 Å². The highest BCUT2D eigenvalue weighted by atomic mass is 79.9. The zero-order valence-electron chi connectivity index (χ0n) is 29.8. The van der Waals surface area contributed by atoms with Gasteiger partial charge in [0.25, 0.3) is 0 Å². The van der Waals surface area contributed by atoms with E-state index in [9.17, 15) is 0 Å². The summed E-state index contributed by atoms with van der Waals surface area (Å²) in [5.41, 5.74) is 13.8. The summed E-state index contributed by atoms with van der Waals surface area (Å²) in [5, 5.41) is 2.20. The van der Waals surface area contributed by atoms with E-state index in [1.807, 2.05) is 0 Å². The van der Waals surface area contributed by atoms with Gasteiger partial charge >= 0.3 is 0 Å². The molecule has 1 heterocycles. The number of aromatic nitrogens is 2. The first-order chi connectivity index (χ1) is 22.7. The fraction of sp³-hybridized carbons (Fsp3) is 0.571. The average Bonchev–Trinajstić information content (AvgIpc) is 3.69. The second kappa shape index (κ2) is 16.0. The molecule has 5 rings (SSSR count). The standard InChI is InChI=1S/C42H56Br2N2S/c1-7-40(4,5)35-23-22-32(38-39(35)46-47-45-38)30-18-20-33-34-21-19-31(41(6,8-2)9-3)29-37(34)42(36(33)28-30,24-14-10-12-16-26-43)25-15-11-13-17-27-44/h18-23,28-29H,7-17,24-27H2,1-6H3. The smallest absolute Gasteiger partial charge is 0.112 e. The maximum absolute atomic E-state index is 4.91. The molecule has 3 aromatic carbocycles. The van der Waals surface area contributed by atoms with E-state index in [0.29, 0.717) is 0 Å². The number of unbranched alkanes of at least 4 members (excludes halogenated alkanes) is 6. The summed E-state index contributed by atoms with van der Waals surface area (Å²) in [4.78, 5) is 0. The molecule has 5 heteroatoms. The number of hydrogen-bond donors (Lipinski definition) is 0. The van der Waals surface area contributed by atoms with Crippen molar-refractivity contribution < 1.29 is 0 Å². The summed E-state index contributed by atoms with van der Waals surface area (Å²) in [6, 6.07) is 19.6. The normalized spacial score (nSPS) is 14.1. The second-order valence-corrected chi connectivity index (χ2v) is 17.1. The van der Waals surface area contributed by atoms with Crippen LogP contribution in [0, 0.1) is 0 Å². The molecule has 4 aromatic rings. The van der Waals surface area contributed by atoms with E-state index in [-0.39, 0.29) is 16.2 Å². The fourth-order valence-electron chi connectivity index (χ4n) is 7.95. The zero-order valence-corrected chi connectivity index (χ0v) is 33.8. The molecule has 47 heavy (non-hydrogen) atoms. The number of fused-ring (bicyclic) bond motifs is 4. The summed E-state index contributed by atoms with van der Waals surface area (Å²) < 4.78 is 9.76. The zero-order chi connectivity index (χ0) is 33.7. The summed E-state index contributed by atoms with van der Waals surface area (Å²) in [6.45, 7) is 14.1. The number of halogens is 2. The van der Waals surface area contributed by atoms with Crippen LogP contribution in [-0.2, 0) is 16.2 Å². The van der Waals surface area contributed by atoms with Gasteiger partial charge in [-0.15, -0.1) is 0 Å². The van der Waals surface area contributed by atoms with Crippen molar-refractivity contribution in [2.75, 3.05) is 10.7 Å². The van der Waals surface area contributed by atoms with Crippen LogP contribution in [-0.4, -0.2) is 19.4 Å². The van der Waals surface area contributed by atoms with Crippen LogP contribution >= 0.6 is 43.6 Å². The third-order valence-corrected chi connectivity index (χ3v) is 13.6. The van der Waals surface area contributed by atoms with Gasteiger partial charge in [0, 0.05) is 21.6 Å². The Bertz CT molecular complexity index is 1620. The molecule has 0 bridgehead atoms. The topological polar surface area (TPSA) is 25.8 Å². The molecule has 0 fully saturated rings. The molecule has 0 unspecified atom stereocenters. The molecule has 2 nitrogen and oxygen atoms in total. The van der Waals surface area contributed by atoms with E-state index < -0.39 is 0 Å². The Morgan fingerprint density at radius 2 is 1.17 bits per heavy atom. The lowest BCUT2D eigenvalue weighted by atomic mass is 9.68. The molecule has 0 saturated carbocycles. The third-order valence-electron chi connectivity index (χ3n) is 11.9. The maximum Gasteiger partial charge on any atom is 0.112 e. The van der Waals surface area contributed by atoms with Crippen LogP contribution in [0.2, 0.25) is 0 Å². The lowest BCUT2D eigenvalue weighted by molar-refractivity contribution is 0.398. The minimum Gasteiger partial charge on any atom is -0.173 e. The summed E-state index contributed by atoms with van der Waals surface area (Å²) in [6.07, 6.45) is 16.1. The van der Waals surface area contributed by atoms with E-state index in [1.165, 1.54) is 109 Å². The van der Waals surface area contributed by atoms with Gasteiger partial charge < -0.3 is 0 Å². The molecule has 0 radical (unpaired) electrons. The minimum absolute atomic E-state index is 0.0332. The van der Waals surface area contributed by atoms with Crippen LogP contribution in [0.4, 0.5) is 0 Å². The molecular weight excluding hydrogens is 724 g/mol. The molecule has 0 amide bonds. The van der Waals surface area contributed by atoms with Crippen molar-refractivity contribution in [3.63, 3.8) is 0 Å². The van der Waals surface area contributed by atoms with Gasteiger partial charge in [0.05, 0.1) is 11.7 Å². The first kappa shape index (κ1) is 36.7. The molecule has 0 saturated heterocycles. The lowest BCUT2D eigenvalue weighted by Crippen LogP contribution is -2.27. The van der Waals surface area contributed by atoms with Crippen molar-refractivity contribution in [2.24, 2.45) is 0 Å². The molecule has 254 valence electrons. The SMILES string of the molecule is CCC(C)(C)c1ccc(-c2ccc3c(c2)C(CCCCCCBr)(CCCCCCBr)c2cc(C(C)(CC)CC)ccc2-3)c2nsnc12. The van der Waals surface area contributed by atoms with Crippen LogP contribution in [0.1, 0.15) is 147 Å². The minimum atomic E-state index is 0.0332. The average molecular weight is 781 g/mol. The van der Waals surface area contributed by atoms with E-state index in [2.05, 4.69) is 122 Å². The van der Waals surface area contributed by atoms with Gasteiger partial charge in [-0.3, -0.25) is 0 Å². The van der Waals surface area contributed by atoms with Gasteiger partial charge in [-0.1, -0.05) is 154 Å². The second-order valence-electron chi connectivity index (χ2n) is 14.9. The Morgan fingerprint density at radius 1 is 0.617 bits per heavy atom. The first-order valence-electron chi connectivity index (χ1n) is 18.4. The van der Waals surface area contributed by atoms with Crippen LogP contribution in [0.5, 0.6) is 0 Å². The van der Waals surface area contributed by atoms with Crippen molar-refractivity contribution in [1.29, 1.82) is 0 Å². The summed E-state index contributed by atoms with van der Waals surface area (Å²) >= 11 is 8.69. The Labute approximate surface area is 306 Å². The van der Waals surface area contributed by atoms with Crippen molar-refractivity contribution >= 4 is 54.6 Å². The van der Waals surface area contributed by atoms with Crippen molar-refractivity contribution in [3.8, 4) is 22.3 Å². The summed E-state index contributed by atoms with van der Waals surface area (Å²) in [7, 11) is 0. The Hall–Kier alpha value is -1.56. The molecule has 1 aliphatic carbocycles. The van der Waals surface area contributed by atoms with Crippen LogP contribution in [0.3, 0.4) is 0 Å². The molecule has 0 N–H and O–H groups in total. The molecule has 0 atom stereocenters. The Kier molecular flexibility index (Phi) is 12.5. The van der Waals surface area contributed by atoms with Crippen molar-refractivity contribution in [1.82, 2.24) is 8.75 Å². The van der Waals surface area contributed by atoms with E-state index in [1.54, 1.807) is 11.1 Å². The van der Waals surface area contributed by atoms with E-state index in [4.69, 9.17) is 8.75 Å². The number of nitrogens with zero attached hydrogens (tertiary/aromatic N) is 2. The van der Waals surface area contributed by atoms with Crippen molar-refractivity contribution in [3.05, 3.63) is 70.8 Å². The van der Waals surface area contributed by atoms with Crippen molar-refractivity contribution in [2.45, 2.75) is 141 Å². The number of hydrogen-bond acceptors (Lipinski definition) is 3. The fourth-order valence-corrected chi connectivity index (χ4v) is 9.31. The van der Waals surface area contributed by atoms with Gasteiger partial charge in [-0.05, 0) is 101 Å². The number of alkyl halides is 2. The predicted octanol–water partition coefficient (Wildman–Crippen LogP) is 14.1. The van der Waals surface area contributed by atoms with Gasteiger partial charge in [0.1, 0.15) is 11.0 Å². The first-order valence-corrected chi connectivity index (χ1v) is 21.3. The quantitative estimate of drug-likeness (QED) is 0.0742. The highest BCUT2D eigenvalue weighted by Gasteiger charge is 2.43. The molecule has 1 aliphatic rings. The molecule has 0 spiro atoms. The largest absolute Gasteiger partial charge is 0.173 e. The Balaban J connectivity index is 1.67. The van der Waals surface area contributed by atoms with E-state index in [0.717, 1.165) is 41.0 Å². The third kappa shape index (κ3) is 7.34. The molecule has 1 aromatic heterocycles. The monoisotopic (exact) mass is 778 g/mol. The summed E-state index contributed by atoms with van der Waals surface area (Å²) in [5.74, 6) is 0. The van der Waals surface area contributed by atoms with Gasteiger partial charge in [0.15, 0.2) is 0 Å².